The summed E-state index contributed by atoms with van der Waals surface area (Å²) in [6.45, 7) is 6.82. The maximum Gasteiger partial charge on any atom is 0.0842 e. The summed E-state index contributed by atoms with van der Waals surface area (Å²) in [5.41, 5.74) is 4.37. The molecule has 2 aromatic rings. The second-order valence-corrected chi connectivity index (χ2v) is 4.85. The zero-order valence-corrected chi connectivity index (χ0v) is 11.5. The second-order valence-electron chi connectivity index (χ2n) is 4.05. The lowest BCUT2D eigenvalue weighted by molar-refractivity contribution is 0.602. The third-order valence-electron chi connectivity index (χ3n) is 2.66. The predicted octanol–water partition coefficient (Wildman–Crippen LogP) is 2.35. The highest BCUT2D eigenvalue weighted by atomic mass is 79.9. The Morgan fingerprint density at radius 3 is 2.38 bits per heavy atom. The normalized spacial score (nSPS) is 11.1. The molecule has 0 saturated carbocycles. The molecule has 0 N–H and O–H groups in total. The Bertz CT molecular complexity index is 524. The zero-order valence-electron chi connectivity index (χ0n) is 9.95. The van der Waals surface area contributed by atoms with Crippen LogP contribution in [-0.2, 0) is 13.6 Å². The van der Waals surface area contributed by atoms with Gasteiger partial charge in [-0.3, -0.25) is 9.36 Å². The van der Waals surface area contributed by atoms with Crippen LogP contribution in [0.15, 0.2) is 10.5 Å². The summed E-state index contributed by atoms with van der Waals surface area (Å²) in [6.07, 6.45) is 0. The number of hydrogen-bond donors (Lipinski definition) is 0. The van der Waals surface area contributed by atoms with Gasteiger partial charge in [0.25, 0.3) is 0 Å². The zero-order chi connectivity index (χ0) is 11.9. The first-order valence-electron chi connectivity index (χ1n) is 5.18. The van der Waals surface area contributed by atoms with E-state index in [0.717, 1.165) is 28.1 Å². The van der Waals surface area contributed by atoms with E-state index in [1.165, 1.54) is 5.69 Å². The molecule has 0 aliphatic heterocycles. The van der Waals surface area contributed by atoms with Crippen molar-refractivity contribution in [3.8, 4) is 0 Å². The van der Waals surface area contributed by atoms with Crippen molar-refractivity contribution in [1.82, 2.24) is 19.6 Å². The van der Waals surface area contributed by atoms with Gasteiger partial charge in [-0.25, -0.2) is 0 Å². The third-order valence-corrected chi connectivity index (χ3v) is 3.70. The number of aromatic nitrogens is 4. The minimum atomic E-state index is 0.748. The molecule has 4 nitrogen and oxygen atoms in total. The molecule has 2 rings (SSSR count). The molecule has 0 aromatic carbocycles. The highest BCUT2D eigenvalue weighted by Gasteiger charge is 2.12. The topological polar surface area (TPSA) is 35.6 Å². The Labute approximate surface area is 103 Å². The lowest BCUT2D eigenvalue weighted by Crippen LogP contribution is -2.08. The first-order valence-corrected chi connectivity index (χ1v) is 5.97. The Hall–Kier alpha value is -1.10. The first kappa shape index (κ1) is 11.4. The van der Waals surface area contributed by atoms with Crippen molar-refractivity contribution in [1.29, 1.82) is 0 Å². The molecule has 5 heteroatoms. The van der Waals surface area contributed by atoms with Crippen molar-refractivity contribution in [2.24, 2.45) is 7.05 Å². The van der Waals surface area contributed by atoms with Gasteiger partial charge in [0.15, 0.2) is 0 Å². The maximum absolute atomic E-state index is 4.45. The molecular formula is C11H15BrN4. The van der Waals surface area contributed by atoms with E-state index >= 15 is 0 Å². The van der Waals surface area contributed by atoms with Crippen LogP contribution in [0.3, 0.4) is 0 Å². The van der Waals surface area contributed by atoms with E-state index in [-0.39, 0.29) is 0 Å². The van der Waals surface area contributed by atoms with Crippen LogP contribution >= 0.6 is 15.9 Å². The van der Waals surface area contributed by atoms with Crippen LogP contribution in [0.25, 0.3) is 0 Å². The van der Waals surface area contributed by atoms with Crippen molar-refractivity contribution in [3.63, 3.8) is 0 Å². The van der Waals surface area contributed by atoms with Gasteiger partial charge in [0.1, 0.15) is 0 Å². The van der Waals surface area contributed by atoms with Crippen molar-refractivity contribution in [2.75, 3.05) is 0 Å². The molecule has 0 bridgehead atoms. The highest BCUT2D eigenvalue weighted by molar-refractivity contribution is 9.10. The van der Waals surface area contributed by atoms with Crippen molar-refractivity contribution in [2.45, 2.75) is 27.3 Å². The van der Waals surface area contributed by atoms with Crippen LogP contribution in [0.1, 0.15) is 22.8 Å². The molecule has 0 aliphatic rings. The quantitative estimate of drug-likeness (QED) is 0.848. The number of halogens is 1. The van der Waals surface area contributed by atoms with Crippen LogP contribution in [0, 0.1) is 20.8 Å². The van der Waals surface area contributed by atoms with Crippen LogP contribution in [-0.4, -0.2) is 19.6 Å². The minimum Gasteiger partial charge on any atom is -0.269 e. The Morgan fingerprint density at radius 2 is 1.94 bits per heavy atom. The molecule has 16 heavy (non-hydrogen) atoms. The van der Waals surface area contributed by atoms with E-state index in [1.807, 2.05) is 30.3 Å². The molecule has 0 aliphatic carbocycles. The van der Waals surface area contributed by atoms with Crippen LogP contribution < -0.4 is 0 Å². The lowest BCUT2D eigenvalue weighted by atomic mass is 10.3. The first-order chi connectivity index (χ1) is 7.49. The average Bonchev–Trinajstić information content (AvgIpc) is 2.62. The predicted molar refractivity (Wildman–Crippen MR) is 66.4 cm³/mol. The second kappa shape index (κ2) is 4.05. The van der Waals surface area contributed by atoms with E-state index in [9.17, 15) is 0 Å². The molecule has 86 valence electrons. The molecule has 0 fully saturated rings. The summed E-state index contributed by atoms with van der Waals surface area (Å²) in [5, 5.41) is 8.82. The summed E-state index contributed by atoms with van der Waals surface area (Å²) in [7, 11) is 1.96. The fraction of sp³-hybridized carbons (Fsp3) is 0.455. The molecule has 2 heterocycles. The van der Waals surface area contributed by atoms with Crippen LogP contribution in [0.5, 0.6) is 0 Å². The van der Waals surface area contributed by atoms with Gasteiger partial charge in [-0.1, -0.05) is 0 Å². The van der Waals surface area contributed by atoms with E-state index in [0.29, 0.717) is 0 Å². The van der Waals surface area contributed by atoms with Gasteiger partial charge in [-0.05, 0) is 42.8 Å². The van der Waals surface area contributed by atoms with Crippen molar-refractivity contribution in [3.05, 3.63) is 33.3 Å². The Balaban J connectivity index is 2.37. The summed E-state index contributed by atoms with van der Waals surface area (Å²) in [4.78, 5) is 0. The molecule has 0 amide bonds. The smallest absolute Gasteiger partial charge is 0.0842 e. The van der Waals surface area contributed by atoms with E-state index in [4.69, 9.17) is 0 Å². The highest BCUT2D eigenvalue weighted by Crippen LogP contribution is 2.21. The summed E-state index contributed by atoms with van der Waals surface area (Å²) < 4.78 is 4.97. The summed E-state index contributed by atoms with van der Waals surface area (Å²) >= 11 is 3.57. The fourth-order valence-corrected chi connectivity index (χ4v) is 2.29. The number of hydrogen-bond acceptors (Lipinski definition) is 2. The van der Waals surface area contributed by atoms with Gasteiger partial charge in [-0.2, -0.15) is 10.2 Å². The maximum atomic E-state index is 4.45. The molecule has 2 aromatic heterocycles. The largest absolute Gasteiger partial charge is 0.269 e. The van der Waals surface area contributed by atoms with E-state index < -0.39 is 0 Å². The van der Waals surface area contributed by atoms with Gasteiger partial charge in [-0.15, -0.1) is 0 Å². The lowest BCUT2D eigenvalue weighted by Gasteiger charge is -2.05. The van der Waals surface area contributed by atoms with Gasteiger partial charge in [0.05, 0.1) is 28.1 Å². The van der Waals surface area contributed by atoms with Gasteiger partial charge in [0, 0.05) is 12.7 Å². The molecule has 0 atom stereocenters. The van der Waals surface area contributed by atoms with Crippen molar-refractivity contribution < 1.29 is 0 Å². The van der Waals surface area contributed by atoms with Gasteiger partial charge >= 0.3 is 0 Å². The van der Waals surface area contributed by atoms with Gasteiger partial charge in [0.2, 0.25) is 0 Å². The van der Waals surface area contributed by atoms with E-state index in [2.05, 4.69) is 39.1 Å². The summed E-state index contributed by atoms with van der Waals surface area (Å²) in [5.74, 6) is 0. The standard InChI is InChI=1S/C11H15BrN4/c1-7-5-8(2)16(13-7)6-10-11(12)9(3)14-15(10)4/h5H,6H2,1-4H3. The third kappa shape index (κ3) is 1.91. The molecular weight excluding hydrogens is 268 g/mol. The average molecular weight is 283 g/mol. The molecule has 0 spiro atoms. The van der Waals surface area contributed by atoms with E-state index in [1.54, 1.807) is 0 Å². The molecule has 0 unspecified atom stereocenters. The number of nitrogens with zero attached hydrogens (tertiary/aromatic N) is 4. The minimum absolute atomic E-state index is 0.748. The number of aryl methyl sites for hydroxylation is 4. The van der Waals surface area contributed by atoms with Crippen LogP contribution in [0.2, 0.25) is 0 Å². The monoisotopic (exact) mass is 282 g/mol. The summed E-state index contributed by atoms with van der Waals surface area (Å²) in [6, 6.07) is 2.08. The Morgan fingerprint density at radius 1 is 1.25 bits per heavy atom. The SMILES string of the molecule is Cc1cc(C)n(Cc2c(Br)c(C)nn2C)n1. The van der Waals surface area contributed by atoms with Crippen molar-refractivity contribution >= 4 is 15.9 Å². The number of rotatable bonds is 2. The van der Waals surface area contributed by atoms with Gasteiger partial charge < -0.3 is 0 Å². The Kier molecular flexibility index (Phi) is 2.88. The van der Waals surface area contributed by atoms with Crippen LogP contribution in [0.4, 0.5) is 0 Å². The fourth-order valence-electron chi connectivity index (χ4n) is 1.83. The molecule has 0 radical (unpaired) electrons. The molecule has 0 saturated heterocycles.